The molecule has 10 heteroatoms. The highest BCUT2D eigenvalue weighted by molar-refractivity contribution is 6.35. The minimum absolute atomic E-state index is 0.266. The molecule has 0 radical (unpaired) electrons. The van der Waals surface area contributed by atoms with Crippen LogP contribution in [0.25, 0.3) is 0 Å². The maximum atomic E-state index is 4.30. The highest BCUT2D eigenvalue weighted by atomic mass is 28.2. The number of aliphatic imine (C=N–C) groups is 1. The van der Waals surface area contributed by atoms with Gasteiger partial charge in [-0.15, -0.1) is 0 Å². The number of hydrogen-bond donors (Lipinski definition) is 0. The van der Waals surface area contributed by atoms with Gasteiger partial charge in [-0.25, -0.2) is 4.98 Å². The van der Waals surface area contributed by atoms with Crippen LogP contribution in [0.4, 0.5) is 0 Å². The molecule has 0 unspecified atom stereocenters. The van der Waals surface area contributed by atoms with Crippen LogP contribution in [0.5, 0.6) is 0 Å². The van der Waals surface area contributed by atoms with Crippen molar-refractivity contribution >= 4 is 44.4 Å². The molecule has 0 aromatic carbocycles. The van der Waals surface area contributed by atoms with Gasteiger partial charge >= 0.3 is 0 Å². The van der Waals surface area contributed by atoms with E-state index in [1.54, 1.807) is 12.1 Å². The summed E-state index contributed by atoms with van der Waals surface area (Å²) in [6, 6.07) is 12.1. The second-order valence-corrected chi connectivity index (χ2v) is 22.1. The fourth-order valence-corrected chi connectivity index (χ4v) is 10.0. The van der Waals surface area contributed by atoms with Gasteiger partial charge in [-0.2, -0.15) is 0 Å². The van der Waals surface area contributed by atoms with Gasteiger partial charge in [-0.05, 0) is 77.8 Å². The summed E-state index contributed by atoms with van der Waals surface area (Å²) in [5.41, 5.74) is 0. The zero-order valence-electron chi connectivity index (χ0n) is 28.8. The Labute approximate surface area is 271 Å². The molecule has 0 bridgehead atoms. The summed E-state index contributed by atoms with van der Waals surface area (Å²) in [5.74, 6) is 0. The van der Waals surface area contributed by atoms with Crippen molar-refractivity contribution in [3.8, 4) is 0 Å². The third-order valence-electron chi connectivity index (χ3n) is 8.44. The Morgan fingerprint density at radius 2 is 1.07 bits per heavy atom. The van der Waals surface area contributed by atoms with E-state index in [-0.39, 0.29) is 38.1 Å². The molecule has 0 saturated carbocycles. The van der Waals surface area contributed by atoms with Crippen LogP contribution in [-0.4, -0.2) is 128 Å². The lowest BCUT2D eigenvalue weighted by Crippen LogP contribution is -2.30. The van der Waals surface area contributed by atoms with Gasteiger partial charge in [0.05, 0.1) is 19.2 Å². The van der Waals surface area contributed by atoms with Crippen LogP contribution in [0.3, 0.4) is 0 Å². The molecule has 246 valence electrons. The number of aromatic nitrogens is 2. The van der Waals surface area contributed by atoms with Gasteiger partial charge in [0.1, 0.15) is 0 Å². The lowest BCUT2D eigenvalue weighted by atomic mass is 10.3. The Morgan fingerprint density at radius 3 is 1.45 bits per heavy atom. The number of nitrogens with zero attached hydrogens (tertiary/aromatic N) is 6. The summed E-state index contributed by atoms with van der Waals surface area (Å²) in [6.07, 6.45) is 16.3. The van der Waals surface area contributed by atoms with Crippen molar-refractivity contribution in [3.63, 3.8) is 0 Å². The van der Waals surface area contributed by atoms with E-state index in [4.69, 9.17) is 0 Å². The summed E-state index contributed by atoms with van der Waals surface area (Å²) >= 11 is 0. The van der Waals surface area contributed by atoms with Crippen molar-refractivity contribution < 1.29 is 0 Å². The van der Waals surface area contributed by atoms with Crippen LogP contribution < -0.4 is 0 Å². The minimum atomic E-state index is 0.266. The molecule has 2 heterocycles. The Bertz CT molecular complexity index is 671. The van der Waals surface area contributed by atoms with Crippen LogP contribution >= 0.6 is 0 Å². The third kappa shape index (κ3) is 23.9. The first kappa shape index (κ1) is 39.5. The molecule has 1 aromatic heterocycles. The topological polar surface area (TPSA) is 39.9 Å². The van der Waals surface area contributed by atoms with Crippen LogP contribution in [0.2, 0.25) is 48.4 Å². The lowest BCUT2D eigenvalue weighted by molar-refractivity contribution is 0.261. The smallest absolute Gasteiger partial charge is 0.0945 e. The zero-order valence-corrected chi connectivity index (χ0v) is 34.4. The van der Waals surface area contributed by atoms with Crippen LogP contribution in [0.1, 0.15) is 66.2 Å². The number of rotatable bonds is 28. The quantitative estimate of drug-likeness (QED) is 0.100. The van der Waals surface area contributed by atoms with Crippen molar-refractivity contribution in [2.75, 3.05) is 58.9 Å². The van der Waals surface area contributed by atoms with Crippen molar-refractivity contribution in [1.82, 2.24) is 24.3 Å². The van der Waals surface area contributed by atoms with E-state index in [0.29, 0.717) is 0 Å². The normalized spacial score (nSPS) is 14.1. The molecule has 0 amide bonds. The molecule has 0 N–H and O–H groups in total. The maximum Gasteiger partial charge on any atom is 0.0945 e. The molecule has 1 aliphatic heterocycles. The Balaban J connectivity index is 0.000000420. The molecule has 0 atom stereocenters. The van der Waals surface area contributed by atoms with E-state index >= 15 is 0 Å². The molecule has 0 fully saturated rings. The molecule has 1 aromatic rings. The highest BCUT2D eigenvalue weighted by Gasteiger charge is 2.08. The van der Waals surface area contributed by atoms with Gasteiger partial charge in [0, 0.05) is 70.1 Å². The molecule has 1 aliphatic rings. The van der Waals surface area contributed by atoms with Crippen LogP contribution in [-0.2, 0) is 6.54 Å². The third-order valence-corrected chi connectivity index (χ3v) is 15.3. The Morgan fingerprint density at radius 1 is 0.619 bits per heavy atom. The molecule has 0 saturated heterocycles. The minimum Gasteiger partial charge on any atom is -0.361 e. The summed E-state index contributed by atoms with van der Waals surface area (Å²) in [4.78, 5) is 16.3. The zero-order chi connectivity index (χ0) is 30.4. The van der Waals surface area contributed by atoms with E-state index in [1.807, 2.05) is 18.9 Å². The summed E-state index contributed by atoms with van der Waals surface area (Å²) in [6.45, 7) is 21.8. The molecule has 6 nitrogen and oxygen atoms in total. The first-order valence-electron chi connectivity index (χ1n) is 18.4. The molecule has 0 spiro atoms. The Kier molecular flexibility index (Phi) is 28.7. The van der Waals surface area contributed by atoms with Crippen molar-refractivity contribution in [3.05, 3.63) is 18.7 Å². The summed E-state index contributed by atoms with van der Waals surface area (Å²) < 4.78 is 2.20. The average Bonchev–Trinajstić information content (AvgIpc) is 3.72. The molecular weight excluding hydrogens is 581 g/mol. The van der Waals surface area contributed by atoms with Gasteiger partial charge < -0.3 is 19.3 Å². The largest absolute Gasteiger partial charge is 0.361 e. The fourth-order valence-electron chi connectivity index (χ4n) is 5.70. The summed E-state index contributed by atoms with van der Waals surface area (Å²) in [5, 5.41) is 0. The van der Waals surface area contributed by atoms with E-state index in [1.165, 1.54) is 121 Å². The standard InChI is InChI=1S/C16H37N3Si2.C16H35N3Si2/c2*1-3-20-14-6-11-18(12-7-15-21-4-2)9-5-10-19-13-8-17-16-19/h16H,3-15,20-21H2,1-2H3;8,13,16H,3-7,9-12,14-15,20-21H2,1-2H3. The van der Waals surface area contributed by atoms with Crippen LogP contribution in [0, 0.1) is 0 Å². The van der Waals surface area contributed by atoms with Gasteiger partial charge in [0.2, 0.25) is 0 Å². The first-order valence-corrected chi connectivity index (χ1v) is 26.4. The van der Waals surface area contributed by atoms with Gasteiger partial charge in [0.15, 0.2) is 0 Å². The van der Waals surface area contributed by atoms with Gasteiger partial charge in [-0.1, -0.05) is 76.0 Å². The van der Waals surface area contributed by atoms with E-state index < -0.39 is 0 Å². The van der Waals surface area contributed by atoms with Gasteiger partial charge in [-0.3, -0.25) is 4.99 Å². The second-order valence-electron chi connectivity index (χ2n) is 12.5. The molecule has 42 heavy (non-hydrogen) atoms. The highest BCUT2D eigenvalue weighted by Crippen LogP contribution is 2.05. The summed E-state index contributed by atoms with van der Waals surface area (Å²) in [7, 11) is 1.08. The SMILES string of the molecule is CC[SiH2]CCCN(CCC[SiH2]CC)CCCN1C=NCC1.CC[SiH2]CCCN(CCC[SiH2]CC)CCCn1ccnc1. The Hall–Kier alpha value is -0.532. The molecule has 2 rings (SSSR count). The predicted octanol–water partition coefficient (Wildman–Crippen LogP) is 4.26. The van der Waals surface area contributed by atoms with E-state index in [0.717, 1.165) is 19.6 Å². The monoisotopic (exact) mass is 652 g/mol. The average molecular weight is 653 g/mol. The molecular formula is C32H72N6Si4. The fraction of sp³-hybridized carbons (Fsp3) is 0.875. The van der Waals surface area contributed by atoms with Gasteiger partial charge in [0.25, 0.3) is 0 Å². The number of aryl methyl sites for hydroxylation is 1. The van der Waals surface area contributed by atoms with E-state index in [9.17, 15) is 0 Å². The van der Waals surface area contributed by atoms with Crippen molar-refractivity contribution in [2.45, 2.75) is 121 Å². The lowest BCUT2D eigenvalue weighted by Gasteiger charge is -2.23. The number of hydrogen-bond acceptors (Lipinski definition) is 5. The maximum absolute atomic E-state index is 4.30. The predicted molar refractivity (Wildman–Crippen MR) is 203 cm³/mol. The number of imidazole rings is 1. The van der Waals surface area contributed by atoms with Crippen LogP contribution in [0.15, 0.2) is 23.7 Å². The first-order chi connectivity index (χ1) is 20.7. The van der Waals surface area contributed by atoms with Crippen molar-refractivity contribution in [2.24, 2.45) is 4.99 Å². The second kappa shape index (κ2) is 30.5. The molecule has 0 aliphatic carbocycles. The van der Waals surface area contributed by atoms with Crippen molar-refractivity contribution in [1.29, 1.82) is 0 Å². The van der Waals surface area contributed by atoms with E-state index in [2.05, 4.69) is 63.1 Å².